The zero-order chi connectivity index (χ0) is 8.27. The first kappa shape index (κ1) is 8.07. The van der Waals surface area contributed by atoms with Crippen LogP contribution in [0.1, 0.15) is 12.6 Å². The van der Waals surface area contributed by atoms with Gasteiger partial charge in [-0.05, 0) is 14.0 Å². The van der Waals surface area contributed by atoms with E-state index in [1.54, 1.807) is 10.7 Å². The molecule has 0 aromatic carbocycles. The third-order valence-corrected chi connectivity index (χ3v) is 1.53. The highest BCUT2D eigenvalue weighted by Gasteiger charge is 1.98. The summed E-state index contributed by atoms with van der Waals surface area (Å²) < 4.78 is 1.58. The van der Waals surface area contributed by atoms with E-state index in [0.717, 1.165) is 5.69 Å². The quantitative estimate of drug-likeness (QED) is 0.641. The topological polar surface area (TPSA) is 49.8 Å². The van der Waals surface area contributed by atoms with E-state index in [1.165, 1.54) is 0 Å². The van der Waals surface area contributed by atoms with Gasteiger partial charge in [-0.3, -0.25) is 14.6 Å². The molecule has 1 aromatic rings. The summed E-state index contributed by atoms with van der Waals surface area (Å²) in [5.74, 6) is 0. The maximum absolute atomic E-state index is 11.0. The number of aromatic nitrogens is 2. The normalized spacial score (nSPS) is 10.4. The molecule has 0 radical (unpaired) electrons. The smallest absolute Gasteiger partial charge is 0.266 e. The molecular weight excluding hydrogens is 142 g/mol. The number of aryl methyl sites for hydroxylation is 1. The van der Waals surface area contributed by atoms with Gasteiger partial charge in [0.15, 0.2) is 0 Å². The standard InChI is InChI=1S/C7H13N3O/c1-3-10-7(11)4-6(9-10)5-8-2/h4,8-9H,3,5H2,1-2H3. The van der Waals surface area contributed by atoms with Crippen molar-refractivity contribution in [2.45, 2.75) is 20.0 Å². The van der Waals surface area contributed by atoms with Crippen molar-refractivity contribution in [3.63, 3.8) is 0 Å². The lowest BCUT2D eigenvalue weighted by atomic mass is 10.4. The molecule has 0 aliphatic heterocycles. The molecule has 0 atom stereocenters. The Labute approximate surface area is 65.2 Å². The Bertz CT molecular complexity index is 273. The average molecular weight is 155 g/mol. The minimum Gasteiger partial charge on any atom is -0.314 e. The Morgan fingerprint density at radius 3 is 2.91 bits per heavy atom. The van der Waals surface area contributed by atoms with E-state index in [-0.39, 0.29) is 5.56 Å². The Hall–Kier alpha value is -1.03. The van der Waals surface area contributed by atoms with Gasteiger partial charge in [-0.25, -0.2) is 0 Å². The second-order valence-electron chi connectivity index (χ2n) is 2.39. The molecule has 0 saturated carbocycles. The molecule has 4 heteroatoms. The highest BCUT2D eigenvalue weighted by molar-refractivity contribution is 4.98. The van der Waals surface area contributed by atoms with Gasteiger partial charge in [-0.2, -0.15) is 0 Å². The van der Waals surface area contributed by atoms with Crippen molar-refractivity contribution < 1.29 is 0 Å². The summed E-state index contributed by atoms with van der Waals surface area (Å²) in [5, 5.41) is 5.94. The van der Waals surface area contributed by atoms with Crippen LogP contribution in [0.5, 0.6) is 0 Å². The van der Waals surface area contributed by atoms with Gasteiger partial charge < -0.3 is 5.32 Å². The maximum Gasteiger partial charge on any atom is 0.266 e. The third kappa shape index (κ3) is 1.71. The summed E-state index contributed by atoms with van der Waals surface area (Å²) >= 11 is 0. The SMILES string of the molecule is CCn1[nH]c(CNC)cc1=O. The third-order valence-electron chi connectivity index (χ3n) is 1.53. The molecule has 0 amide bonds. The van der Waals surface area contributed by atoms with Gasteiger partial charge in [0.25, 0.3) is 5.56 Å². The molecule has 2 N–H and O–H groups in total. The predicted molar refractivity (Wildman–Crippen MR) is 43.5 cm³/mol. The van der Waals surface area contributed by atoms with Gasteiger partial charge in [0.2, 0.25) is 0 Å². The zero-order valence-electron chi connectivity index (χ0n) is 6.85. The summed E-state index contributed by atoms with van der Waals surface area (Å²) in [6, 6.07) is 1.61. The fourth-order valence-corrected chi connectivity index (χ4v) is 1.00. The molecular formula is C7H13N3O. The Balaban J connectivity index is 2.86. The van der Waals surface area contributed by atoms with Crippen LogP contribution < -0.4 is 10.9 Å². The summed E-state index contributed by atoms with van der Waals surface area (Å²) in [7, 11) is 1.85. The number of hydrogen-bond acceptors (Lipinski definition) is 2. The van der Waals surface area contributed by atoms with E-state index < -0.39 is 0 Å². The lowest BCUT2D eigenvalue weighted by molar-refractivity contribution is 0.620. The van der Waals surface area contributed by atoms with Crippen LogP contribution in [0.15, 0.2) is 10.9 Å². The van der Waals surface area contributed by atoms with Crippen LogP contribution in [0.3, 0.4) is 0 Å². The Morgan fingerprint density at radius 2 is 2.45 bits per heavy atom. The van der Waals surface area contributed by atoms with Gasteiger partial charge in [-0.15, -0.1) is 0 Å². The van der Waals surface area contributed by atoms with Gasteiger partial charge in [0.1, 0.15) is 0 Å². The van der Waals surface area contributed by atoms with Gasteiger partial charge >= 0.3 is 0 Å². The molecule has 0 fully saturated rings. The number of aromatic amines is 1. The molecule has 11 heavy (non-hydrogen) atoms. The minimum atomic E-state index is 0.0396. The first-order valence-corrected chi connectivity index (χ1v) is 3.71. The number of rotatable bonds is 3. The van der Waals surface area contributed by atoms with Gasteiger partial charge in [0, 0.05) is 19.2 Å². The minimum absolute atomic E-state index is 0.0396. The van der Waals surface area contributed by atoms with Crippen molar-refractivity contribution in [3.8, 4) is 0 Å². The van der Waals surface area contributed by atoms with E-state index in [4.69, 9.17) is 0 Å². The zero-order valence-corrected chi connectivity index (χ0v) is 6.85. The van der Waals surface area contributed by atoms with Crippen molar-refractivity contribution in [1.82, 2.24) is 15.1 Å². The van der Waals surface area contributed by atoms with Gasteiger partial charge in [-0.1, -0.05) is 0 Å². The van der Waals surface area contributed by atoms with Crippen molar-refractivity contribution in [3.05, 3.63) is 22.1 Å². The first-order valence-electron chi connectivity index (χ1n) is 3.71. The van der Waals surface area contributed by atoms with Crippen molar-refractivity contribution in [2.24, 2.45) is 0 Å². The summed E-state index contributed by atoms with van der Waals surface area (Å²) in [6.45, 7) is 3.34. The second-order valence-corrected chi connectivity index (χ2v) is 2.39. The maximum atomic E-state index is 11.0. The summed E-state index contributed by atoms with van der Waals surface area (Å²) in [6.07, 6.45) is 0. The summed E-state index contributed by atoms with van der Waals surface area (Å²) in [4.78, 5) is 11.0. The van der Waals surface area contributed by atoms with Crippen molar-refractivity contribution in [2.75, 3.05) is 7.05 Å². The van der Waals surface area contributed by atoms with E-state index in [0.29, 0.717) is 13.1 Å². The molecule has 0 aliphatic rings. The lowest BCUT2D eigenvalue weighted by Gasteiger charge is -1.95. The van der Waals surface area contributed by atoms with Crippen LogP contribution in [-0.2, 0) is 13.1 Å². The predicted octanol–water partition coefficient (Wildman–Crippen LogP) is -0.0843. The Kier molecular flexibility index (Phi) is 2.48. The molecule has 1 rings (SSSR count). The second kappa shape index (κ2) is 3.39. The van der Waals surface area contributed by atoms with Crippen LogP contribution in [0.2, 0.25) is 0 Å². The van der Waals surface area contributed by atoms with E-state index in [2.05, 4.69) is 10.4 Å². The molecule has 0 saturated heterocycles. The molecule has 4 nitrogen and oxygen atoms in total. The Morgan fingerprint density at radius 1 is 1.73 bits per heavy atom. The van der Waals surface area contributed by atoms with Crippen molar-refractivity contribution in [1.29, 1.82) is 0 Å². The number of H-pyrrole nitrogens is 1. The molecule has 62 valence electrons. The van der Waals surface area contributed by atoms with Crippen LogP contribution in [-0.4, -0.2) is 16.8 Å². The van der Waals surface area contributed by atoms with Crippen LogP contribution in [0, 0.1) is 0 Å². The summed E-state index contributed by atoms with van der Waals surface area (Å²) in [5.41, 5.74) is 0.970. The average Bonchev–Trinajstić information content (AvgIpc) is 2.32. The highest BCUT2D eigenvalue weighted by atomic mass is 16.1. The van der Waals surface area contributed by atoms with Crippen molar-refractivity contribution >= 4 is 0 Å². The molecule has 1 heterocycles. The fourth-order valence-electron chi connectivity index (χ4n) is 1.00. The van der Waals surface area contributed by atoms with Crippen LogP contribution in [0.4, 0.5) is 0 Å². The largest absolute Gasteiger partial charge is 0.314 e. The number of nitrogens with zero attached hydrogens (tertiary/aromatic N) is 1. The lowest BCUT2D eigenvalue weighted by Crippen LogP contribution is -2.13. The molecule has 0 spiro atoms. The fraction of sp³-hybridized carbons (Fsp3) is 0.571. The van der Waals surface area contributed by atoms with E-state index >= 15 is 0 Å². The van der Waals surface area contributed by atoms with Crippen LogP contribution >= 0.6 is 0 Å². The highest BCUT2D eigenvalue weighted by Crippen LogP contribution is 1.87. The molecule has 0 aliphatic carbocycles. The van der Waals surface area contributed by atoms with Gasteiger partial charge in [0.05, 0.1) is 5.69 Å². The number of hydrogen-bond donors (Lipinski definition) is 2. The molecule has 0 unspecified atom stereocenters. The first-order chi connectivity index (χ1) is 5.27. The molecule has 1 aromatic heterocycles. The monoisotopic (exact) mass is 155 g/mol. The van der Waals surface area contributed by atoms with Crippen LogP contribution in [0.25, 0.3) is 0 Å². The molecule has 0 bridgehead atoms. The number of nitrogens with one attached hydrogen (secondary N) is 2. The van der Waals surface area contributed by atoms with E-state index in [9.17, 15) is 4.79 Å². The van der Waals surface area contributed by atoms with E-state index in [1.807, 2.05) is 14.0 Å².